The number of amides is 1. The van der Waals surface area contributed by atoms with Gasteiger partial charge in [0.05, 0.1) is 0 Å². The molecule has 0 aliphatic rings. The summed E-state index contributed by atoms with van der Waals surface area (Å²) in [6.07, 6.45) is 0. The fourth-order valence-electron chi connectivity index (χ4n) is 1.28. The summed E-state index contributed by atoms with van der Waals surface area (Å²) >= 11 is 0. The van der Waals surface area contributed by atoms with Crippen LogP contribution in [0, 0.1) is 18.3 Å². The van der Waals surface area contributed by atoms with Crippen LogP contribution in [0.25, 0.3) is 0 Å². The lowest BCUT2D eigenvalue weighted by Crippen LogP contribution is -2.37. The minimum Gasteiger partial charge on any atom is -0.355 e. The molecule has 0 aromatic carbocycles. The molecule has 0 aliphatic carbocycles. The Morgan fingerprint density at radius 1 is 1.59 bits per heavy atom. The Kier molecular flexibility index (Phi) is 4.40. The number of anilines is 1. The molecular weight excluding hydrogens is 218 g/mol. The number of aromatic nitrogens is 2. The molecule has 17 heavy (non-hydrogen) atoms. The number of nitriles is 1. The average Bonchev–Trinajstić information content (AvgIpc) is 2.28. The third-order valence-corrected chi connectivity index (χ3v) is 2.06. The Balaban J connectivity index is 2.78. The number of likely N-dealkylation sites (N-methyl/N-ethyl adjacent to an activating group) is 1. The normalized spacial score (nSPS) is 11.4. The number of hydrogen-bond donors (Lipinski definition) is 2. The summed E-state index contributed by atoms with van der Waals surface area (Å²) in [7, 11) is 0. The lowest BCUT2D eigenvalue weighted by molar-refractivity contribution is -0.121. The number of aryl methyl sites for hydroxylation is 1. The molecule has 1 aromatic rings. The lowest BCUT2D eigenvalue weighted by Gasteiger charge is -2.13. The number of hydrogen-bond acceptors (Lipinski definition) is 5. The highest BCUT2D eigenvalue weighted by molar-refractivity contribution is 5.83. The van der Waals surface area contributed by atoms with Crippen LogP contribution in [0.5, 0.6) is 0 Å². The van der Waals surface area contributed by atoms with Gasteiger partial charge in [-0.05, 0) is 26.8 Å². The fraction of sp³-hybridized carbons (Fsp3) is 0.455. The highest BCUT2D eigenvalue weighted by Gasteiger charge is 2.13. The highest BCUT2D eigenvalue weighted by atomic mass is 16.2. The van der Waals surface area contributed by atoms with E-state index < -0.39 is 6.04 Å². The first-order chi connectivity index (χ1) is 8.06. The zero-order chi connectivity index (χ0) is 12.8. The van der Waals surface area contributed by atoms with Gasteiger partial charge in [-0.1, -0.05) is 0 Å². The molecule has 0 aliphatic heterocycles. The standard InChI is InChI=1S/C11H15N5O/c1-4-13-10(17)8(3)15-11-14-7(2)5-9(6-12)16-11/h5,8H,4H2,1-3H3,(H,13,17)(H,14,15,16). The first kappa shape index (κ1) is 12.9. The molecule has 0 saturated heterocycles. The van der Waals surface area contributed by atoms with E-state index in [1.54, 1.807) is 19.9 Å². The molecule has 1 amide bonds. The predicted molar refractivity (Wildman–Crippen MR) is 63.3 cm³/mol. The van der Waals surface area contributed by atoms with Gasteiger partial charge in [-0.3, -0.25) is 4.79 Å². The van der Waals surface area contributed by atoms with Gasteiger partial charge in [0, 0.05) is 12.2 Å². The maximum Gasteiger partial charge on any atom is 0.242 e. The van der Waals surface area contributed by atoms with Crippen LogP contribution >= 0.6 is 0 Å². The Morgan fingerprint density at radius 2 is 2.29 bits per heavy atom. The van der Waals surface area contributed by atoms with Crippen molar-refractivity contribution in [2.45, 2.75) is 26.8 Å². The van der Waals surface area contributed by atoms with Crippen molar-refractivity contribution in [3.8, 4) is 6.07 Å². The maximum atomic E-state index is 11.5. The number of carbonyl (C=O) groups is 1. The summed E-state index contributed by atoms with van der Waals surface area (Å²) in [5.74, 6) is 0.163. The molecule has 6 heteroatoms. The van der Waals surface area contributed by atoms with Crippen LogP contribution in [0.1, 0.15) is 25.2 Å². The smallest absolute Gasteiger partial charge is 0.242 e. The highest BCUT2D eigenvalue weighted by Crippen LogP contribution is 2.05. The van der Waals surface area contributed by atoms with Crippen LogP contribution in [0.3, 0.4) is 0 Å². The summed E-state index contributed by atoms with van der Waals surface area (Å²) in [4.78, 5) is 19.6. The summed E-state index contributed by atoms with van der Waals surface area (Å²) in [5.41, 5.74) is 0.963. The number of nitrogens with zero attached hydrogens (tertiary/aromatic N) is 3. The van der Waals surface area contributed by atoms with Gasteiger partial charge < -0.3 is 10.6 Å². The monoisotopic (exact) mass is 233 g/mol. The Labute approximate surface area is 100 Å². The number of nitrogens with one attached hydrogen (secondary N) is 2. The molecule has 0 saturated carbocycles. The topological polar surface area (TPSA) is 90.7 Å². The lowest BCUT2D eigenvalue weighted by atomic mass is 10.3. The molecule has 1 heterocycles. The molecule has 0 radical (unpaired) electrons. The van der Waals surface area contributed by atoms with Gasteiger partial charge in [0.2, 0.25) is 11.9 Å². The van der Waals surface area contributed by atoms with E-state index in [1.165, 1.54) is 0 Å². The van der Waals surface area contributed by atoms with E-state index in [9.17, 15) is 4.79 Å². The molecule has 90 valence electrons. The van der Waals surface area contributed by atoms with Crippen LogP contribution in [0.15, 0.2) is 6.07 Å². The summed E-state index contributed by atoms with van der Waals surface area (Å²) in [5, 5.41) is 14.3. The van der Waals surface area contributed by atoms with E-state index >= 15 is 0 Å². The molecule has 2 N–H and O–H groups in total. The van der Waals surface area contributed by atoms with Gasteiger partial charge in [-0.2, -0.15) is 5.26 Å². The first-order valence-corrected chi connectivity index (χ1v) is 5.36. The van der Waals surface area contributed by atoms with E-state index in [1.807, 2.05) is 13.0 Å². The zero-order valence-corrected chi connectivity index (χ0v) is 10.1. The summed E-state index contributed by atoms with van der Waals surface area (Å²) < 4.78 is 0. The number of carbonyl (C=O) groups excluding carboxylic acids is 1. The molecule has 1 aromatic heterocycles. The van der Waals surface area contributed by atoms with E-state index in [0.29, 0.717) is 18.2 Å². The minimum atomic E-state index is -0.441. The Hall–Kier alpha value is -2.16. The molecule has 1 unspecified atom stereocenters. The molecule has 6 nitrogen and oxygen atoms in total. The third-order valence-electron chi connectivity index (χ3n) is 2.06. The molecule has 1 atom stereocenters. The van der Waals surface area contributed by atoms with Crippen LogP contribution < -0.4 is 10.6 Å². The van der Waals surface area contributed by atoms with Gasteiger partial charge in [0.15, 0.2) is 0 Å². The minimum absolute atomic E-state index is 0.129. The van der Waals surface area contributed by atoms with Gasteiger partial charge in [0.25, 0.3) is 0 Å². The van der Waals surface area contributed by atoms with Crippen molar-refractivity contribution in [1.82, 2.24) is 15.3 Å². The third kappa shape index (κ3) is 3.72. The second-order valence-electron chi connectivity index (χ2n) is 3.59. The Bertz CT molecular complexity index is 452. The van der Waals surface area contributed by atoms with Crippen molar-refractivity contribution in [1.29, 1.82) is 5.26 Å². The van der Waals surface area contributed by atoms with Gasteiger partial charge in [-0.25, -0.2) is 9.97 Å². The van der Waals surface area contributed by atoms with Crippen molar-refractivity contribution in [2.75, 3.05) is 11.9 Å². The van der Waals surface area contributed by atoms with Crippen LogP contribution in [-0.4, -0.2) is 28.5 Å². The van der Waals surface area contributed by atoms with E-state index in [2.05, 4.69) is 20.6 Å². The van der Waals surface area contributed by atoms with Crippen LogP contribution in [0.4, 0.5) is 5.95 Å². The average molecular weight is 233 g/mol. The molecule has 0 spiro atoms. The fourth-order valence-corrected chi connectivity index (χ4v) is 1.28. The first-order valence-electron chi connectivity index (χ1n) is 5.36. The van der Waals surface area contributed by atoms with E-state index in [0.717, 1.165) is 0 Å². The maximum absolute atomic E-state index is 11.5. The number of rotatable bonds is 4. The van der Waals surface area contributed by atoms with Crippen molar-refractivity contribution in [3.63, 3.8) is 0 Å². The molecule has 1 rings (SSSR count). The van der Waals surface area contributed by atoms with Crippen molar-refractivity contribution < 1.29 is 4.79 Å². The molecule has 0 bridgehead atoms. The van der Waals surface area contributed by atoms with Crippen molar-refractivity contribution in [3.05, 3.63) is 17.5 Å². The molecule has 0 fully saturated rings. The quantitative estimate of drug-likeness (QED) is 0.794. The van der Waals surface area contributed by atoms with Gasteiger partial charge >= 0.3 is 0 Å². The van der Waals surface area contributed by atoms with Gasteiger partial charge in [-0.15, -0.1) is 0 Å². The van der Waals surface area contributed by atoms with Crippen molar-refractivity contribution in [2.24, 2.45) is 0 Å². The van der Waals surface area contributed by atoms with E-state index in [-0.39, 0.29) is 11.6 Å². The Morgan fingerprint density at radius 3 is 2.88 bits per heavy atom. The second-order valence-corrected chi connectivity index (χ2v) is 3.59. The summed E-state index contributed by atoms with van der Waals surface area (Å²) in [6.45, 7) is 5.90. The van der Waals surface area contributed by atoms with Crippen LogP contribution in [-0.2, 0) is 4.79 Å². The zero-order valence-electron chi connectivity index (χ0n) is 10.1. The van der Waals surface area contributed by atoms with E-state index in [4.69, 9.17) is 5.26 Å². The van der Waals surface area contributed by atoms with Crippen molar-refractivity contribution >= 4 is 11.9 Å². The van der Waals surface area contributed by atoms with Gasteiger partial charge in [0.1, 0.15) is 17.8 Å². The molecular formula is C11H15N5O. The second kappa shape index (κ2) is 5.80. The SMILES string of the molecule is CCNC(=O)C(C)Nc1nc(C)cc(C#N)n1. The summed E-state index contributed by atoms with van der Waals surface area (Å²) in [6, 6.07) is 3.09. The predicted octanol–water partition coefficient (Wildman–Crippen LogP) is 0.593. The largest absolute Gasteiger partial charge is 0.355 e. The van der Waals surface area contributed by atoms with Crippen LogP contribution in [0.2, 0.25) is 0 Å².